The first-order chi connectivity index (χ1) is 9.00. The fraction of sp³-hybridized carbons (Fsp3) is 0.357. The van der Waals surface area contributed by atoms with Gasteiger partial charge in [-0.1, -0.05) is 17.7 Å². The van der Waals surface area contributed by atoms with E-state index in [4.69, 9.17) is 17.3 Å². The van der Waals surface area contributed by atoms with E-state index in [1.165, 1.54) is 0 Å². The summed E-state index contributed by atoms with van der Waals surface area (Å²) in [5, 5.41) is 1.32. The Kier molecular flexibility index (Phi) is 4.12. The van der Waals surface area contributed by atoms with Gasteiger partial charge in [-0.3, -0.25) is 4.79 Å². The number of primary amides is 1. The Morgan fingerprint density at radius 1 is 1.42 bits per heavy atom. The molecule has 1 amide bonds. The van der Waals surface area contributed by atoms with Gasteiger partial charge in [-0.25, -0.2) is 0 Å². The highest BCUT2D eigenvalue weighted by atomic mass is 35.5. The molecule has 0 aliphatic carbocycles. The van der Waals surface area contributed by atoms with Crippen molar-refractivity contribution in [1.29, 1.82) is 0 Å². The first-order valence-electron chi connectivity index (χ1n) is 6.22. The van der Waals surface area contributed by atoms with Gasteiger partial charge in [0.25, 0.3) is 5.91 Å². The molecule has 19 heavy (non-hydrogen) atoms. The number of benzene rings is 1. The van der Waals surface area contributed by atoms with E-state index in [9.17, 15) is 4.79 Å². The van der Waals surface area contributed by atoms with Crippen molar-refractivity contribution in [3.63, 3.8) is 0 Å². The number of aromatic nitrogens is 1. The summed E-state index contributed by atoms with van der Waals surface area (Å²) < 4.78 is 2.05. The summed E-state index contributed by atoms with van der Waals surface area (Å²) in [7, 11) is 4.08. The van der Waals surface area contributed by atoms with Crippen LogP contribution < -0.4 is 5.73 Å². The first kappa shape index (κ1) is 13.9. The number of fused-ring (bicyclic) bond motifs is 1. The van der Waals surface area contributed by atoms with Crippen LogP contribution in [0.2, 0.25) is 5.02 Å². The first-order valence-corrected chi connectivity index (χ1v) is 6.60. The Balaban J connectivity index is 2.39. The lowest BCUT2D eigenvalue weighted by molar-refractivity contribution is 0.100. The van der Waals surface area contributed by atoms with Crippen molar-refractivity contribution in [1.82, 2.24) is 9.47 Å². The monoisotopic (exact) mass is 279 g/mol. The number of halogens is 1. The van der Waals surface area contributed by atoms with Gasteiger partial charge in [-0.15, -0.1) is 0 Å². The molecule has 2 rings (SSSR count). The van der Waals surface area contributed by atoms with E-state index in [0.29, 0.717) is 10.6 Å². The molecule has 0 saturated heterocycles. The fourth-order valence-electron chi connectivity index (χ4n) is 2.24. The third-order valence-electron chi connectivity index (χ3n) is 3.13. The van der Waals surface area contributed by atoms with E-state index in [1.807, 2.05) is 30.8 Å². The molecule has 102 valence electrons. The average Bonchev–Trinajstić information content (AvgIpc) is 2.69. The van der Waals surface area contributed by atoms with Crippen LogP contribution in [0.25, 0.3) is 10.9 Å². The zero-order valence-electron chi connectivity index (χ0n) is 11.2. The van der Waals surface area contributed by atoms with E-state index in [-0.39, 0.29) is 0 Å². The molecular weight excluding hydrogens is 262 g/mol. The molecular formula is C14H18ClN3O. The molecule has 1 aromatic carbocycles. The smallest absolute Gasteiger partial charge is 0.250 e. The van der Waals surface area contributed by atoms with Crippen LogP contribution in [-0.4, -0.2) is 36.0 Å². The molecule has 2 N–H and O–H groups in total. The van der Waals surface area contributed by atoms with Gasteiger partial charge in [-0.05, 0) is 39.2 Å². The molecule has 2 aromatic rings. The molecule has 5 heteroatoms. The minimum Gasteiger partial charge on any atom is -0.366 e. The quantitative estimate of drug-likeness (QED) is 0.913. The van der Waals surface area contributed by atoms with E-state index >= 15 is 0 Å². The van der Waals surface area contributed by atoms with Gasteiger partial charge in [0.05, 0.1) is 16.1 Å². The summed E-state index contributed by atoms with van der Waals surface area (Å²) in [5.41, 5.74) is 6.87. The summed E-state index contributed by atoms with van der Waals surface area (Å²) in [6.45, 7) is 1.83. The maximum atomic E-state index is 11.5. The fourth-order valence-corrected chi connectivity index (χ4v) is 2.51. The number of carbonyl (C=O) groups is 1. The highest BCUT2D eigenvalue weighted by molar-refractivity contribution is 6.36. The van der Waals surface area contributed by atoms with Crippen molar-refractivity contribution in [3.8, 4) is 0 Å². The van der Waals surface area contributed by atoms with Gasteiger partial charge < -0.3 is 15.2 Å². The van der Waals surface area contributed by atoms with Crippen molar-refractivity contribution in [3.05, 3.63) is 35.0 Å². The predicted octanol–water partition coefficient (Wildman–Crippen LogP) is 2.35. The lowest BCUT2D eigenvalue weighted by atomic mass is 10.1. The van der Waals surface area contributed by atoms with Crippen molar-refractivity contribution in [2.75, 3.05) is 20.6 Å². The minimum absolute atomic E-state index is 0.440. The number of hydrogen-bond acceptors (Lipinski definition) is 2. The Morgan fingerprint density at radius 3 is 2.79 bits per heavy atom. The van der Waals surface area contributed by atoms with Gasteiger partial charge in [0.1, 0.15) is 0 Å². The van der Waals surface area contributed by atoms with E-state index < -0.39 is 5.91 Å². The predicted molar refractivity (Wildman–Crippen MR) is 78.6 cm³/mol. The highest BCUT2D eigenvalue weighted by Gasteiger charge is 2.14. The lowest BCUT2D eigenvalue weighted by Gasteiger charge is -2.10. The molecule has 0 saturated carbocycles. The van der Waals surface area contributed by atoms with Gasteiger partial charge in [0, 0.05) is 18.1 Å². The highest BCUT2D eigenvalue weighted by Crippen LogP contribution is 2.28. The number of amides is 1. The van der Waals surface area contributed by atoms with Crippen LogP contribution in [0.4, 0.5) is 0 Å². The molecule has 0 spiro atoms. The Bertz CT molecular complexity index is 604. The van der Waals surface area contributed by atoms with Crippen LogP contribution in [-0.2, 0) is 6.54 Å². The number of rotatable bonds is 5. The summed E-state index contributed by atoms with van der Waals surface area (Å²) in [5.74, 6) is -0.440. The number of hydrogen-bond donors (Lipinski definition) is 1. The van der Waals surface area contributed by atoms with Crippen LogP contribution in [0, 0.1) is 0 Å². The third kappa shape index (κ3) is 2.91. The number of carbonyl (C=O) groups excluding carboxylic acids is 1. The van der Waals surface area contributed by atoms with E-state index in [2.05, 4.69) is 4.90 Å². The Hall–Kier alpha value is -1.52. The Morgan fingerprint density at radius 2 is 2.16 bits per heavy atom. The van der Waals surface area contributed by atoms with Crippen molar-refractivity contribution in [2.24, 2.45) is 5.73 Å². The molecule has 0 fully saturated rings. The lowest BCUT2D eigenvalue weighted by Crippen LogP contribution is -2.15. The van der Waals surface area contributed by atoms with Crippen molar-refractivity contribution >= 4 is 28.4 Å². The van der Waals surface area contributed by atoms with Crippen molar-refractivity contribution < 1.29 is 4.79 Å². The van der Waals surface area contributed by atoms with Gasteiger partial charge >= 0.3 is 0 Å². The van der Waals surface area contributed by atoms with E-state index in [0.717, 1.165) is 30.4 Å². The van der Waals surface area contributed by atoms with E-state index in [1.54, 1.807) is 12.3 Å². The van der Waals surface area contributed by atoms with Crippen LogP contribution in [0.3, 0.4) is 0 Å². The second-order valence-corrected chi connectivity index (χ2v) is 5.30. The maximum Gasteiger partial charge on any atom is 0.250 e. The molecule has 0 unspecified atom stereocenters. The molecule has 0 bridgehead atoms. The molecule has 4 nitrogen and oxygen atoms in total. The largest absolute Gasteiger partial charge is 0.366 e. The number of nitrogens with two attached hydrogens (primary N) is 1. The van der Waals surface area contributed by atoms with Gasteiger partial charge in [0.15, 0.2) is 0 Å². The Labute approximate surface area is 117 Å². The molecule has 1 heterocycles. The SMILES string of the molecule is CN(C)CCCn1cc(C(N)=O)c2c(Cl)cccc21. The van der Waals surface area contributed by atoms with Gasteiger partial charge in [-0.2, -0.15) is 0 Å². The molecule has 0 aliphatic rings. The molecule has 0 atom stereocenters. The summed E-state index contributed by atoms with van der Waals surface area (Å²) in [6, 6.07) is 5.63. The summed E-state index contributed by atoms with van der Waals surface area (Å²) in [4.78, 5) is 13.6. The topological polar surface area (TPSA) is 51.3 Å². The maximum absolute atomic E-state index is 11.5. The molecule has 0 radical (unpaired) electrons. The third-order valence-corrected chi connectivity index (χ3v) is 3.44. The number of aryl methyl sites for hydroxylation is 1. The zero-order valence-corrected chi connectivity index (χ0v) is 11.9. The van der Waals surface area contributed by atoms with Crippen molar-refractivity contribution in [2.45, 2.75) is 13.0 Å². The standard InChI is InChI=1S/C14H18ClN3O/c1-17(2)7-4-8-18-9-10(14(16)19)13-11(15)5-3-6-12(13)18/h3,5-6,9H,4,7-8H2,1-2H3,(H2,16,19). The summed E-state index contributed by atoms with van der Waals surface area (Å²) >= 11 is 6.17. The second-order valence-electron chi connectivity index (χ2n) is 4.89. The number of nitrogens with zero attached hydrogens (tertiary/aromatic N) is 2. The van der Waals surface area contributed by atoms with Crippen LogP contribution >= 0.6 is 11.6 Å². The molecule has 1 aromatic heterocycles. The second kappa shape index (κ2) is 5.63. The summed E-state index contributed by atoms with van der Waals surface area (Å²) in [6.07, 6.45) is 2.80. The average molecular weight is 280 g/mol. The van der Waals surface area contributed by atoms with Crippen LogP contribution in [0.15, 0.2) is 24.4 Å². The normalized spacial score (nSPS) is 11.4. The minimum atomic E-state index is -0.440. The van der Waals surface area contributed by atoms with Crippen LogP contribution in [0.5, 0.6) is 0 Å². The molecule has 0 aliphatic heterocycles. The zero-order chi connectivity index (χ0) is 14.0. The van der Waals surface area contributed by atoms with Gasteiger partial charge in [0.2, 0.25) is 0 Å². The van der Waals surface area contributed by atoms with Crippen LogP contribution in [0.1, 0.15) is 16.8 Å².